The quantitative estimate of drug-likeness (QED) is 0.763. The number of thiophene rings is 1. The van der Waals surface area contributed by atoms with Gasteiger partial charge in [-0.2, -0.15) is 0 Å². The van der Waals surface area contributed by atoms with Crippen LogP contribution in [0.2, 0.25) is 0 Å². The van der Waals surface area contributed by atoms with E-state index in [2.05, 4.69) is 39.2 Å². The van der Waals surface area contributed by atoms with Gasteiger partial charge in [-0.3, -0.25) is 4.90 Å². The highest BCUT2D eigenvalue weighted by molar-refractivity contribution is 9.09. The Balaban J connectivity index is 1.96. The molecule has 1 aliphatic heterocycles. The van der Waals surface area contributed by atoms with E-state index in [0.717, 1.165) is 17.9 Å². The molecule has 1 aromatic heterocycles. The van der Waals surface area contributed by atoms with E-state index in [1.807, 2.05) is 11.3 Å². The second-order valence-electron chi connectivity index (χ2n) is 3.99. The lowest BCUT2D eigenvalue weighted by atomic mass is 10.2. The van der Waals surface area contributed by atoms with Gasteiger partial charge < -0.3 is 0 Å². The van der Waals surface area contributed by atoms with E-state index in [1.54, 1.807) is 0 Å². The Hall–Kier alpha value is 0.140. The lowest BCUT2D eigenvalue weighted by molar-refractivity contribution is 0.265. The van der Waals surface area contributed by atoms with Crippen molar-refractivity contribution in [3.63, 3.8) is 0 Å². The first-order chi connectivity index (χ1) is 6.79. The van der Waals surface area contributed by atoms with Crippen LogP contribution < -0.4 is 0 Å². The van der Waals surface area contributed by atoms with Crippen molar-refractivity contribution in [2.45, 2.75) is 32.4 Å². The molecule has 0 aliphatic carbocycles. The fourth-order valence-electron chi connectivity index (χ4n) is 2.09. The summed E-state index contributed by atoms with van der Waals surface area (Å²) >= 11 is 5.45. The van der Waals surface area contributed by atoms with Gasteiger partial charge in [0.1, 0.15) is 0 Å². The van der Waals surface area contributed by atoms with Crippen LogP contribution in [-0.4, -0.2) is 22.8 Å². The van der Waals surface area contributed by atoms with Gasteiger partial charge in [-0.25, -0.2) is 0 Å². The highest BCUT2D eigenvalue weighted by Gasteiger charge is 2.23. The normalized spacial score (nSPS) is 23.1. The number of likely N-dealkylation sites (tertiary alicyclic amines) is 1. The van der Waals surface area contributed by atoms with E-state index in [1.165, 1.54) is 29.8 Å². The van der Waals surface area contributed by atoms with Crippen molar-refractivity contribution in [3.8, 4) is 0 Å². The maximum absolute atomic E-state index is 3.60. The lowest BCUT2D eigenvalue weighted by Gasteiger charge is -2.21. The Kier molecular flexibility index (Phi) is 3.63. The number of nitrogens with zero attached hydrogens (tertiary/aromatic N) is 1. The molecule has 0 spiro atoms. The van der Waals surface area contributed by atoms with Gasteiger partial charge in [-0.1, -0.05) is 15.9 Å². The van der Waals surface area contributed by atoms with Gasteiger partial charge in [0.25, 0.3) is 0 Å². The Bertz CT molecular complexity index is 297. The molecule has 14 heavy (non-hydrogen) atoms. The fraction of sp³-hybridized carbons (Fsp3) is 0.636. The van der Waals surface area contributed by atoms with Crippen LogP contribution in [0.1, 0.15) is 23.3 Å². The molecule has 0 aromatic carbocycles. The van der Waals surface area contributed by atoms with Crippen LogP contribution in [0.4, 0.5) is 0 Å². The number of alkyl halides is 1. The van der Waals surface area contributed by atoms with Gasteiger partial charge in [0, 0.05) is 22.8 Å². The Morgan fingerprint density at radius 2 is 2.50 bits per heavy atom. The summed E-state index contributed by atoms with van der Waals surface area (Å²) in [5, 5.41) is 3.41. The summed E-state index contributed by atoms with van der Waals surface area (Å²) in [4.78, 5) is 4.02. The van der Waals surface area contributed by atoms with Gasteiger partial charge in [0.15, 0.2) is 0 Å². The Morgan fingerprint density at radius 3 is 3.14 bits per heavy atom. The summed E-state index contributed by atoms with van der Waals surface area (Å²) in [6.07, 6.45) is 2.72. The third-order valence-corrected chi connectivity index (χ3v) is 4.51. The average molecular weight is 274 g/mol. The molecule has 0 bridgehead atoms. The molecule has 0 saturated carbocycles. The molecule has 78 valence electrons. The maximum atomic E-state index is 3.60. The van der Waals surface area contributed by atoms with E-state index >= 15 is 0 Å². The summed E-state index contributed by atoms with van der Waals surface area (Å²) in [7, 11) is 0. The van der Waals surface area contributed by atoms with E-state index in [9.17, 15) is 0 Å². The molecule has 1 saturated heterocycles. The highest BCUT2D eigenvalue weighted by atomic mass is 79.9. The van der Waals surface area contributed by atoms with Crippen LogP contribution in [0.5, 0.6) is 0 Å². The smallest absolute Gasteiger partial charge is 0.0245 e. The molecule has 1 unspecified atom stereocenters. The van der Waals surface area contributed by atoms with Crippen LogP contribution in [0.15, 0.2) is 11.4 Å². The van der Waals surface area contributed by atoms with Crippen LogP contribution in [0.25, 0.3) is 0 Å². The topological polar surface area (TPSA) is 3.24 Å². The van der Waals surface area contributed by atoms with Gasteiger partial charge in [-0.15, -0.1) is 11.3 Å². The van der Waals surface area contributed by atoms with E-state index in [0.29, 0.717) is 0 Å². The average Bonchev–Trinajstić information content (AvgIpc) is 2.76. The minimum Gasteiger partial charge on any atom is -0.295 e. The molecular weight excluding hydrogens is 258 g/mol. The summed E-state index contributed by atoms with van der Waals surface area (Å²) in [5.74, 6) is 0. The first-order valence-corrected chi connectivity index (χ1v) is 7.13. The second-order valence-corrected chi connectivity index (χ2v) is 5.75. The molecule has 2 heterocycles. The van der Waals surface area contributed by atoms with Crippen molar-refractivity contribution in [3.05, 3.63) is 21.9 Å². The maximum Gasteiger partial charge on any atom is 0.0245 e. The number of halogens is 1. The fourth-order valence-corrected chi connectivity index (χ4v) is 3.53. The molecule has 0 N–H and O–H groups in total. The molecule has 1 nitrogen and oxygen atoms in total. The SMILES string of the molecule is Cc1cc(CN2CCCC2CBr)cs1. The number of aryl methyl sites for hydroxylation is 1. The van der Waals surface area contributed by atoms with Crippen molar-refractivity contribution in [2.24, 2.45) is 0 Å². The second kappa shape index (κ2) is 4.77. The minimum absolute atomic E-state index is 0.759. The van der Waals surface area contributed by atoms with Crippen LogP contribution in [-0.2, 0) is 6.54 Å². The molecule has 1 aliphatic rings. The lowest BCUT2D eigenvalue weighted by Crippen LogP contribution is -2.29. The van der Waals surface area contributed by atoms with Gasteiger partial charge >= 0.3 is 0 Å². The van der Waals surface area contributed by atoms with Crippen molar-refractivity contribution < 1.29 is 0 Å². The Labute approximate surface area is 98.2 Å². The van der Waals surface area contributed by atoms with Crippen molar-refractivity contribution in [1.82, 2.24) is 4.90 Å². The Morgan fingerprint density at radius 1 is 1.64 bits per heavy atom. The summed E-state index contributed by atoms with van der Waals surface area (Å²) in [5.41, 5.74) is 1.49. The predicted octanol–water partition coefficient (Wildman–Crippen LogP) is 3.42. The molecule has 1 aromatic rings. The summed E-state index contributed by atoms with van der Waals surface area (Å²) in [6.45, 7) is 4.59. The number of hydrogen-bond donors (Lipinski definition) is 0. The molecule has 0 amide bonds. The zero-order chi connectivity index (χ0) is 9.97. The first kappa shape index (κ1) is 10.7. The first-order valence-electron chi connectivity index (χ1n) is 5.13. The molecular formula is C11H16BrNS. The van der Waals surface area contributed by atoms with Crippen LogP contribution in [0, 0.1) is 6.92 Å². The minimum atomic E-state index is 0.759. The molecule has 0 radical (unpaired) electrons. The van der Waals surface area contributed by atoms with Crippen molar-refractivity contribution in [1.29, 1.82) is 0 Å². The monoisotopic (exact) mass is 273 g/mol. The van der Waals surface area contributed by atoms with E-state index in [-0.39, 0.29) is 0 Å². The zero-order valence-electron chi connectivity index (χ0n) is 8.50. The van der Waals surface area contributed by atoms with Crippen molar-refractivity contribution >= 4 is 27.3 Å². The summed E-state index contributed by atoms with van der Waals surface area (Å²) in [6, 6.07) is 3.07. The highest BCUT2D eigenvalue weighted by Crippen LogP contribution is 2.23. The molecule has 1 atom stereocenters. The van der Waals surface area contributed by atoms with Crippen LogP contribution in [0.3, 0.4) is 0 Å². The number of rotatable bonds is 3. The molecule has 1 fully saturated rings. The predicted molar refractivity (Wildman–Crippen MR) is 66.3 cm³/mol. The summed E-state index contributed by atoms with van der Waals surface area (Å²) < 4.78 is 0. The third kappa shape index (κ3) is 2.38. The van der Waals surface area contributed by atoms with Crippen LogP contribution >= 0.6 is 27.3 Å². The van der Waals surface area contributed by atoms with Gasteiger partial charge in [0.05, 0.1) is 0 Å². The van der Waals surface area contributed by atoms with E-state index in [4.69, 9.17) is 0 Å². The third-order valence-electron chi connectivity index (χ3n) is 2.85. The van der Waals surface area contributed by atoms with E-state index < -0.39 is 0 Å². The zero-order valence-corrected chi connectivity index (χ0v) is 10.9. The largest absolute Gasteiger partial charge is 0.295 e. The van der Waals surface area contributed by atoms with Gasteiger partial charge in [-0.05, 0) is 43.3 Å². The standard InChI is InChI=1S/C11H16BrNS/c1-9-5-10(8-14-9)7-13-4-2-3-11(13)6-12/h5,8,11H,2-4,6-7H2,1H3. The van der Waals surface area contributed by atoms with Crippen molar-refractivity contribution in [2.75, 3.05) is 11.9 Å². The molecule has 2 rings (SSSR count). The molecule has 3 heteroatoms. The van der Waals surface area contributed by atoms with Gasteiger partial charge in [0.2, 0.25) is 0 Å². The number of hydrogen-bond acceptors (Lipinski definition) is 2.